The van der Waals surface area contributed by atoms with E-state index in [1.54, 1.807) is 5.32 Å². The zero-order chi connectivity index (χ0) is 14.3. The Morgan fingerprint density at radius 1 is 1.39 bits per heavy atom. The summed E-state index contributed by atoms with van der Waals surface area (Å²) in [7, 11) is 0.896. The van der Waals surface area contributed by atoms with Gasteiger partial charge in [0, 0.05) is 13.0 Å². The topological polar surface area (TPSA) is 78.5 Å². The number of amides is 4. The molecule has 18 heavy (non-hydrogen) atoms. The number of alkyl halides is 3. The number of hydrogen-bond acceptors (Lipinski definition) is 3. The van der Waals surface area contributed by atoms with Crippen molar-refractivity contribution in [3.8, 4) is 0 Å². The fraction of sp³-hybridized carbons (Fsp3) is 0.667. The smallest absolute Gasteiger partial charge is 0.318 e. The fourth-order valence-corrected chi connectivity index (χ4v) is 1.32. The van der Waals surface area contributed by atoms with Gasteiger partial charge in [-0.1, -0.05) is 13.8 Å². The van der Waals surface area contributed by atoms with Crippen LogP contribution in [-0.2, 0) is 9.59 Å². The molecule has 0 aromatic carbocycles. The van der Waals surface area contributed by atoms with E-state index >= 15 is 0 Å². The minimum Gasteiger partial charge on any atom is -0.318 e. The van der Waals surface area contributed by atoms with Gasteiger partial charge in [0.1, 0.15) is 0 Å². The molecular weight excluding hydrogens is 255 g/mol. The predicted octanol–water partition coefficient (Wildman–Crippen LogP) is 0.199. The normalized spacial score (nSPS) is 24.5. The Balaban J connectivity index is 3.18. The molecule has 0 aliphatic carbocycles. The second-order valence-corrected chi connectivity index (χ2v) is 4.19. The third-order valence-electron chi connectivity index (χ3n) is 2.48. The minimum atomic E-state index is -5.13. The molecule has 2 N–H and O–H groups in total. The van der Waals surface area contributed by atoms with Crippen molar-refractivity contribution in [2.24, 2.45) is 5.92 Å². The molecule has 4 amide bonds. The lowest BCUT2D eigenvalue weighted by Crippen LogP contribution is -2.70. The summed E-state index contributed by atoms with van der Waals surface area (Å²) in [5.41, 5.74) is -3.37. The van der Waals surface area contributed by atoms with Gasteiger partial charge in [0.2, 0.25) is 5.91 Å². The quantitative estimate of drug-likeness (QED) is 0.701. The van der Waals surface area contributed by atoms with Crippen LogP contribution in [0.3, 0.4) is 0 Å². The van der Waals surface area contributed by atoms with Crippen molar-refractivity contribution in [1.29, 1.82) is 0 Å². The summed E-state index contributed by atoms with van der Waals surface area (Å²) >= 11 is 0. The summed E-state index contributed by atoms with van der Waals surface area (Å²) in [6, 6.07) is -1.22. The highest BCUT2D eigenvalue weighted by Crippen LogP contribution is 2.33. The van der Waals surface area contributed by atoms with Gasteiger partial charge in [0.15, 0.2) is 0 Å². The number of hydrogen-bond donors (Lipinski definition) is 2. The largest absolute Gasteiger partial charge is 0.440 e. The van der Waals surface area contributed by atoms with Crippen LogP contribution in [0, 0.1) is 5.92 Å². The second kappa shape index (κ2) is 4.14. The van der Waals surface area contributed by atoms with Crippen LogP contribution < -0.4 is 10.6 Å². The molecule has 0 bridgehead atoms. The third kappa shape index (κ3) is 2.00. The highest BCUT2D eigenvalue weighted by Gasteiger charge is 2.68. The van der Waals surface area contributed by atoms with Crippen LogP contribution in [0.15, 0.2) is 0 Å². The number of halogens is 3. The van der Waals surface area contributed by atoms with E-state index in [2.05, 4.69) is 0 Å². The van der Waals surface area contributed by atoms with E-state index < -0.39 is 35.6 Å². The van der Waals surface area contributed by atoms with Crippen molar-refractivity contribution in [1.82, 2.24) is 15.5 Å². The Labute approximate surface area is 100 Å². The first-order chi connectivity index (χ1) is 8.03. The molecule has 1 rings (SSSR count). The van der Waals surface area contributed by atoms with E-state index in [1.165, 1.54) is 19.2 Å². The summed E-state index contributed by atoms with van der Waals surface area (Å²) < 4.78 is 38.9. The Kier molecular flexibility index (Phi) is 3.28. The first kappa shape index (κ1) is 14.3. The van der Waals surface area contributed by atoms with E-state index in [9.17, 15) is 27.6 Å². The molecule has 0 saturated carbocycles. The molecule has 0 aromatic heterocycles. The first-order valence-corrected chi connectivity index (χ1v) is 5.02. The molecule has 1 fully saturated rings. The number of rotatable bonds is 2. The third-order valence-corrected chi connectivity index (χ3v) is 2.48. The van der Waals surface area contributed by atoms with Crippen LogP contribution in [0.2, 0.25) is 0 Å². The van der Waals surface area contributed by atoms with Gasteiger partial charge in [0.05, 0.1) is 0 Å². The number of urea groups is 1. The average molecular weight is 267 g/mol. The Bertz CT molecular complexity index is 408. The minimum absolute atomic E-state index is 0.272. The van der Waals surface area contributed by atoms with Gasteiger partial charge in [-0.2, -0.15) is 13.2 Å². The molecule has 1 unspecified atom stereocenters. The van der Waals surface area contributed by atoms with Crippen LogP contribution in [0.4, 0.5) is 18.0 Å². The van der Waals surface area contributed by atoms with Crippen molar-refractivity contribution >= 4 is 17.8 Å². The van der Waals surface area contributed by atoms with Gasteiger partial charge in [0.25, 0.3) is 11.6 Å². The Morgan fingerprint density at radius 2 is 1.89 bits per heavy atom. The summed E-state index contributed by atoms with van der Waals surface area (Å²) in [6.07, 6.45) is -5.13. The lowest BCUT2D eigenvalue weighted by Gasteiger charge is -2.30. The van der Waals surface area contributed by atoms with Gasteiger partial charge in [-0.25, -0.2) is 4.79 Å². The number of carbonyl (C=O) groups is 3. The molecule has 1 atom stereocenters. The van der Waals surface area contributed by atoms with E-state index in [0.717, 1.165) is 7.05 Å². The number of carbonyl (C=O) groups excluding carboxylic acids is 3. The van der Waals surface area contributed by atoms with Crippen LogP contribution in [0.1, 0.15) is 13.8 Å². The molecule has 1 heterocycles. The number of imide groups is 1. The average Bonchev–Trinajstić information content (AvgIpc) is 2.43. The van der Waals surface area contributed by atoms with Gasteiger partial charge >= 0.3 is 12.2 Å². The monoisotopic (exact) mass is 267 g/mol. The van der Waals surface area contributed by atoms with Gasteiger partial charge in [-0.05, 0) is 0 Å². The van der Waals surface area contributed by atoms with E-state index in [4.69, 9.17) is 0 Å². The van der Waals surface area contributed by atoms with Gasteiger partial charge in [-0.3, -0.25) is 19.8 Å². The predicted molar refractivity (Wildman–Crippen MR) is 53.1 cm³/mol. The number of likely N-dealkylation sites (N-methyl/N-ethyl adjacent to an activating group) is 1. The lowest BCUT2D eigenvalue weighted by atomic mass is 10.1. The van der Waals surface area contributed by atoms with E-state index in [-0.39, 0.29) is 4.90 Å². The zero-order valence-corrected chi connectivity index (χ0v) is 9.88. The highest BCUT2D eigenvalue weighted by atomic mass is 19.4. The summed E-state index contributed by atoms with van der Waals surface area (Å²) in [6.45, 7) is 2.73. The van der Waals surface area contributed by atoms with Crippen molar-refractivity contribution < 1.29 is 27.6 Å². The van der Waals surface area contributed by atoms with Gasteiger partial charge < -0.3 is 5.32 Å². The molecular formula is C9H12F3N3O3. The number of nitrogens with one attached hydrogen (secondary N) is 2. The molecule has 102 valence electrons. The van der Waals surface area contributed by atoms with Crippen LogP contribution >= 0.6 is 0 Å². The molecule has 1 aliphatic rings. The summed E-state index contributed by atoms with van der Waals surface area (Å²) in [5, 5.41) is 3.03. The van der Waals surface area contributed by atoms with Crippen molar-refractivity contribution in [2.45, 2.75) is 25.7 Å². The molecule has 0 aromatic rings. The van der Waals surface area contributed by atoms with E-state index in [0.29, 0.717) is 0 Å². The maximum Gasteiger partial charge on any atom is 0.440 e. The molecule has 1 aliphatic heterocycles. The van der Waals surface area contributed by atoms with Crippen LogP contribution in [0.5, 0.6) is 0 Å². The van der Waals surface area contributed by atoms with E-state index in [1.807, 2.05) is 0 Å². The molecule has 1 saturated heterocycles. The molecule has 0 spiro atoms. The molecule has 6 nitrogen and oxygen atoms in total. The second-order valence-electron chi connectivity index (χ2n) is 4.19. The van der Waals surface area contributed by atoms with Crippen molar-refractivity contribution in [2.75, 3.05) is 7.05 Å². The highest BCUT2D eigenvalue weighted by molar-refractivity contribution is 6.08. The summed E-state index contributed by atoms with van der Waals surface area (Å²) in [4.78, 5) is 34.3. The standard InChI is InChI=1S/C9H12F3N3O3/c1-4(2)5(16)13-8(9(10,11)12)6(17)15(3)7(18)14-8/h4H,1-3H3,(H,13,16)(H,14,18). The van der Waals surface area contributed by atoms with Gasteiger partial charge in [-0.15, -0.1) is 0 Å². The molecule has 9 heteroatoms. The Morgan fingerprint density at radius 3 is 2.17 bits per heavy atom. The summed E-state index contributed by atoms with van der Waals surface area (Å²) in [5.74, 6) is -3.31. The first-order valence-electron chi connectivity index (χ1n) is 5.02. The Hall–Kier alpha value is -1.80. The number of nitrogens with zero attached hydrogens (tertiary/aromatic N) is 1. The van der Waals surface area contributed by atoms with Crippen molar-refractivity contribution in [3.63, 3.8) is 0 Å². The van der Waals surface area contributed by atoms with Crippen LogP contribution in [0.25, 0.3) is 0 Å². The molecule has 0 radical (unpaired) electrons. The maximum absolute atomic E-state index is 13.0. The van der Waals surface area contributed by atoms with Crippen LogP contribution in [-0.4, -0.2) is 41.6 Å². The van der Waals surface area contributed by atoms with Crippen molar-refractivity contribution in [3.05, 3.63) is 0 Å². The lowest BCUT2D eigenvalue weighted by molar-refractivity contribution is -0.204. The maximum atomic E-state index is 13.0. The SMILES string of the molecule is CC(C)C(=O)NC1(C(F)(F)F)NC(=O)N(C)C1=O. The fourth-order valence-electron chi connectivity index (χ4n) is 1.32. The zero-order valence-electron chi connectivity index (χ0n) is 9.88.